The number of aryl methyl sites for hydroxylation is 2. The summed E-state index contributed by atoms with van der Waals surface area (Å²) in [5.41, 5.74) is 1.49. The van der Waals surface area contributed by atoms with E-state index in [1.165, 1.54) is 0 Å². The van der Waals surface area contributed by atoms with Gasteiger partial charge < -0.3 is 15.2 Å². The van der Waals surface area contributed by atoms with Crippen LogP contribution in [0.5, 0.6) is 0 Å². The van der Waals surface area contributed by atoms with E-state index >= 15 is 0 Å². The molecular formula is C14H20N2O3. The number of carboxylic acids is 1. The van der Waals surface area contributed by atoms with Gasteiger partial charge in [-0.2, -0.15) is 0 Å². The highest BCUT2D eigenvalue weighted by molar-refractivity contribution is 5.95. The smallest absolute Gasteiger partial charge is 0.339 e. The van der Waals surface area contributed by atoms with Crippen LogP contribution < -0.4 is 5.32 Å². The highest BCUT2D eigenvalue weighted by Gasteiger charge is 2.38. The summed E-state index contributed by atoms with van der Waals surface area (Å²) >= 11 is 0. The minimum absolute atomic E-state index is 0.0248. The molecule has 2 N–H and O–H groups in total. The van der Waals surface area contributed by atoms with Gasteiger partial charge in [-0.1, -0.05) is 0 Å². The number of nitrogens with zero attached hydrogens (tertiary/aromatic N) is 1. The Labute approximate surface area is 113 Å². The van der Waals surface area contributed by atoms with Crippen LogP contribution in [0.15, 0.2) is 6.07 Å². The van der Waals surface area contributed by atoms with E-state index in [1.54, 1.807) is 13.0 Å². The van der Waals surface area contributed by atoms with Gasteiger partial charge in [-0.05, 0) is 45.7 Å². The Balaban J connectivity index is 2.42. The number of nitrogens with one attached hydrogen (secondary N) is 1. The molecule has 0 aromatic carbocycles. The zero-order chi connectivity index (χ0) is 14.2. The van der Waals surface area contributed by atoms with Gasteiger partial charge in [0.2, 0.25) is 0 Å². The Bertz CT molecular complexity index is 516. The topological polar surface area (TPSA) is 71.5 Å². The lowest BCUT2D eigenvalue weighted by atomic mass is 9.94. The van der Waals surface area contributed by atoms with Crippen molar-refractivity contribution in [1.82, 2.24) is 4.98 Å². The van der Waals surface area contributed by atoms with Crippen LogP contribution >= 0.6 is 0 Å². The minimum Gasteiger partial charge on any atom is -0.478 e. The van der Waals surface area contributed by atoms with Gasteiger partial charge in [-0.15, -0.1) is 0 Å². The van der Waals surface area contributed by atoms with E-state index in [0.29, 0.717) is 12.4 Å². The molecule has 0 aliphatic carbocycles. The number of carbonyl (C=O) groups is 1. The molecule has 5 heteroatoms. The van der Waals surface area contributed by atoms with Crippen LogP contribution in [0.25, 0.3) is 0 Å². The standard InChI is InChI=1S/C14H20N2O3/c1-8-7-9(2)15-12(11(8)13(17)18)16-14(4)5-6-19-10(14)3/h7,10H,5-6H2,1-4H3,(H,15,16)(H,17,18). The highest BCUT2D eigenvalue weighted by atomic mass is 16.5. The molecule has 0 saturated carbocycles. The highest BCUT2D eigenvalue weighted by Crippen LogP contribution is 2.31. The van der Waals surface area contributed by atoms with Crippen molar-refractivity contribution in [3.8, 4) is 0 Å². The Morgan fingerprint density at radius 2 is 2.26 bits per heavy atom. The maximum atomic E-state index is 11.4. The fourth-order valence-electron chi connectivity index (χ4n) is 2.47. The van der Waals surface area contributed by atoms with Crippen molar-refractivity contribution in [2.75, 3.05) is 11.9 Å². The molecule has 104 valence electrons. The van der Waals surface area contributed by atoms with Gasteiger partial charge >= 0.3 is 5.97 Å². The summed E-state index contributed by atoms with van der Waals surface area (Å²) in [6.45, 7) is 8.36. The van der Waals surface area contributed by atoms with Crippen LogP contribution in [-0.4, -0.2) is 34.3 Å². The molecule has 2 unspecified atom stereocenters. The number of anilines is 1. The third-order valence-corrected chi connectivity index (χ3v) is 3.85. The van der Waals surface area contributed by atoms with Crippen molar-refractivity contribution in [2.45, 2.75) is 45.8 Å². The Morgan fingerprint density at radius 1 is 1.58 bits per heavy atom. The Morgan fingerprint density at radius 3 is 2.79 bits per heavy atom. The molecule has 1 aliphatic heterocycles. The zero-order valence-electron chi connectivity index (χ0n) is 11.8. The number of rotatable bonds is 3. The van der Waals surface area contributed by atoms with E-state index in [1.807, 2.05) is 20.8 Å². The predicted molar refractivity (Wildman–Crippen MR) is 72.7 cm³/mol. The molecule has 1 saturated heterocycles. The SMILES string of the molecule is Cc1cc(C)c(C(=O)O)c(NC2(C)CCOC2C)n1. The molecule has 0 spiro atoms. The zero-order valence-corrected chi connectivity index (χ0v) is 11.8. The molecule has 1 aliphatic rings. The molecule has 1 aromatic heterocycles. The summed E-state index contributed by atoms with van der Waals surface area (Å²) in [5, 5.41) is 12.6. The molecule has 2 atom stereocenters. The lowest BCUT2D eigenvalue weighted by molar-refractivity contribution is 0.0696. The van der Waals surface area contributed by atoms with E-state index in [2.05, 4.69) is 10.3 Å². The molecule has 2 heterocycles. The van der Waals surface area contributed by atoms with E-state index < -0.39 is 5.97 Å². The summed E-state index contributed by atoms with van der Waals surface area (Å²) in [4.78, 5) is 15.8. The monoisotopic (exact) mass is 264 g/mol. The Hall–Kier alpha value is -1.62. The maximum absolute atomic E-state index is 11.4. The molecule has 1 fully saturated rings. The van der Waals surface area contributed by atoms with Crippen molar-refractivity contribution in [3.05, 3.63) is 22.9 Å². The molecule has 5 nitrogen and oxygen atoms in total. The van der Waals surface area contributed by atoms with Crippen molar-refractivity contribution in [1.29, 1.82) is 0 Å². The van der Waals surface area contributed by atoms with Crippen LogP contribution in [0.1, 0.15) is 41.9 Å². The van der Waals surface area contributed by atoms with Crippen molar-refractivity contribution in [2.24, 2.45) is 0 Å². The van der Waals surface area contributed by atoms with Gasteiger partial charge in [0.15, 0.2) is 0 Å². The molecular weight excluding hydrogens is 244 g/mol. The first-order valence-corrected chi connectivity index (χ1v) is 6.45. The van der Waals surface area contributed by atoms with Gasteiger partial charge in [0.05, 0.1) is 11.6 Å². The fourth-order valence-corrected chi connectivity index (χ4v) is 2.47. The number of aromatic nitrogens is 1. The number of pyridine rings is 1. The van der Waals surface area contributed by atoms with Crippen LogP contribution in [0.3, 0.4) is 0 Å². The summed E-state index contributed by atoms with van der Waals surface area (Å²) < 4.78 is 5.56. The lowest BCUT2D eigenvalue weighted by Gasteiger charge is -2.30. The lowest BCUT2D eigenvalue weighted by Crippen LogP contribution is -2.42. The van der Waals surface area contributed by atoms with Gasteiger partial charge in [0.1, 0.15) is 11.4 Å². The van der Waals surface area contributed by atoms with Crippen LogP contribution in [0.2, 0.25) is 0 Å². The molecule has 2 rings (SSSR count). The third kappa shape index (κ3) is 2.56. The van der Waals surface area contributed by atoms with Crippen LogP contribution in [-0.2, 0) is 4.74 Å². The molecule has 1 aromatic rings. The van der Waals surface area contributed by atoms with Crippen molar-refractivity contribution >= 4 is 11.8 Å². The summed E-state index contributed by atoms with van der Waals surface area (Å²) in [5.74, 6) is -0.521. The first-order valence-electron chi connectivity index (χ1n) is 6.45. The average Bonchev–Trinajstić information content (AvgIpc) is 2.56. The summed E-state index contributed by atoms with van der Waals surface area (Å²) in [6.07, 6.45) is 0.860. The molecule has 0 bridgehead atoms. The van der Waals surface area contributed by atoms with Gasteiger partial charge in [-0.25, -0.2) is 9.78 Å². The molecule has 0 radical (unpaired) electrons. The van der Waals surface area contributed by atoms with Gasteiger partial charge in [0, 0.05) is 12.3 Å². The maximum Gasteiger partial charge on any atom is 0.339 e. The minimum atomic E-state index is -0.956. The second-order valence-electron chi connectivity index (χ2n) is 5.41. The number of carboxylic acid groups (broad SMARTS) is 1. The number of aromatic carboxylic acids is 1. The van der Waals surface area contributed by atoms with Gasteiger partial charge in [-0.3, -0.25) is 0 Å². The van der Waals surface area contributed by atoms with E-state index in [4.69, 9.17) is 4.74 Å². The van der Waals surface area contributed by atoms with Gasteiger partial charge in [0.25, 0.3) is 0 Å². The first kappa shape index (κ1) is 13.8. The van der Waals surface area contributed by atoms with E-state index in [-0.39, 0.29) is 17.2 Å². The summed E-state index contributed by atoms with van der Waals surface area (Å²) in [6, 6.07) is 1.78. The normalized spacial score (nSPS) is 26.4. The predicted octanol–water partition coefficient (Wildman–Crippen LogP) is 2.38. The second-order valence-corrected chi connectivity index (χ2v) is 5.41. The van der Waals surface area contributed by atoms with E-state index in [0.717, 1.165) is 17.7 Å². The fraction of sp³-hybridized carbons (Fsp3) is 0.571. The van der Waals surface area contributed by atoms with Crippen molar-refractivity contribution < 1.29 is 14.6 Å². The summed E-state index contributed by atoms with van der Waals surface area (Å²) in [7, 11) is 0. The largest absolute Gasteiger partial charge is 0.478 e. The third-order valence-electron chi connectivity index (χ3n) is 3.85. The van der Waals surface area contributed by atoms with Crippen LogP contribution in [0.4, 0.5) is 5.82 Å². The van der Waals surface area contributed by atoms with Crippen LogP contribution in [0, 0.1) is 13.8 Å². The number of hydrogen-bond acceptors (Lipinski definition) is 4. The average molecular weight is 264 g/mol. The Kier molecular flexibility index (Phi) is 3.49. The second kappa shape index (κ2) is 4.81. The number of hydrogen-bond donors (Lipinski definition) is 2. The first-order chi connectivity index (χ1) is 8.83. The quantitative estimate of drug-likeness (QED) is 0.877. The number of ether oxygens (including phenoxy) is 1. The molecule has 0 amide bonds. The van der Waals surface area contributed by atoms with Crippen molar-refractivity contribution in [3.63, 3.8) is 0 Å². The molecule has 19 heavy (non-hydrogen) atoms. The van der Waals surface area contributed by atoms with E-state index in [9.17, 15) is 9.90 Å².